The molecule has 0 spiro atoms. The number of methoxy groups -OCH3 is 1. The summed E-state index contributed by atoms with van der Waals surface area (Å²) >= 11 is 3.49. The van der Waals surface area contributed by atoms with Crippen molar-refractivity contribution in [1.82, 2.24) is 0 Å². The van der Waals surface area contributed by atoms with Crippen LogP contribution in [0.2, 0.25) is 0 Å². The minimum absolute atomic E-state index is 0.606. The topological polar surface area (TPSA) is 9.23 Å². The Kier molecular flexibility index (Phi) is 4.65. The lowest BCUT2D eigenvalue weighted by Crippen LogP contribution is -2.00. The zero-order chi connectivity index (χ0) is 11.4. The molecule has 0 saturated heterocycles. The van der Waals surface area contributed by atoms with E-state index in [2.05, 4.69) is 48.8 Å². The molecule has 0 aliphatic heterocycles. The fourth-order valence-corrected chi connectivity index (χ4v) is 2.58. The van der Waals surface area contributed by atoms with Gasteiger partial charge in [0.1, 0.15) is 5.75 Å². The van der Waals surface area contributed by atoms with Crippen LogP contribution in [0.4, 0.5) is 0 Å². The van der Waals surface area contributed by atoms with Gasteiger partial charge in [-0.15, -0.1) is 0 Å². The summed E-state index contributed by atoms with van der Waals surface area (Å²) in [5, 5.41) is 1.05. The van der Waals surface area contributed by atoms with E-state index in [1.54, 1.807) is 7.11 Å². The van der Waals surface area contributed by atoms with Crippen LogP contribution in [0.5, 0.6) is 5.75 Å². The Bertz CT molecular complexity index is 334. The van der Waals surface area contributed by atoms with E-state index in [1.807, 2.05) is 0 Å². The molecule has 0 amide bonds. The highest BCUT2D eigenvalue weighted by atomic mass is 79.9. The summed E-state index contributed by atoms with van der Waals surface area (Å²) in [7, 11) is 1.73. The summed E-state index contributed by atoms with van der Waals surface area (Å²) < 4.78 is 5.31. The maximum Gasteiger partial charge on any atom is 0.122 e. The summed E-state index contributed by atoms with van der Waals surface area (Å²) in [5.41, 5.74) is 4.06. The minimum atomic E-state index is 0.606. The standard InChI is InChI=1S/C13H19BrO/c1-9(7-8-14)12-5-6-13(15-4)11(3)10(12)2/h5-6,9H,7-8H2,1-4H3. The molecule has 0 heterocycles. The van der Waals surface area contributed by atoms with Crippen LogP contribution in [0.1, 0.15) is 36.0 Å². The van der Waals surface area contributed by atoms with Gasteiger partial charge in [0.25, 0.3) is 0 Å². The quantitative estimate of drug-likeness (QED) is 0.746. The van der Waals surface area contributed by atoms with Crippen molar-refractivity contribution >= 4 is 15.9 Å². The second kappa shape index (κ2) is 5.55. The molecule has 0 N–H and O–H groups in total. The van der Waals surface area contributed by atoms with Crippen LogP contribution < -0.4 is 4.74 Å². The van der Waals surface area contributed by atoms with Crippen LogP contribution in [-0.4, -0.2) is 12.4 Å². The molecule has 0 fully saturated rings. The van der Waals surface area contributed by atoms with Crippen molar-refractivity contribution in [1.29, 1.82) is 0 Å². The second-order valence-corrected chi connectivity index (χ2v) is 4.78. The van der Waals surface area contributed by atoms with Gasteiger partial charge >= 0.3 is 0 Å². The number of halogens is 1. The molecule has 84 valence electrons. The van der Waals surface area contributed by atoms with Gasteiger partial charge in [-0.05, 0) is 48.9 Å². The molecule has 0 bridgehead atoms. The predicted octanol–water partition coefficient (Wildman–Crippen LogP) is 4.20. The Morgan fingerprint density at radius 2 is 1.93 bits per heavy atom. The number of alkyl halides is 1. The molecular weight excluding hydrogens is 252 g/mol. The van der Waals surface area contributed by atoms with Gasteiger partial charge in [0.15, 0.2) is 0 Å². The summed E-state index contributed by atoms with van der Waals surface area (Å²) in [5.74, 6) is 1.59. The van der Waals surface area contributed by atoms with E-state index >= 15 is 0 Å². The highest BCUT2D eigenvalue weighted by Gasteiger charge is 2.11. The van der Waals surface area contributed by atoms with Gasteiger partial charge < -0.3 is 4.74 Å². The van der Waals surface area contributed by atoms with Gasteiger partial charge in [0, 0.05) is 5.33 Å². The highest BCUT2D eigenvalue weighted by molar-refractivity contribution is 9.09. The van der Waals surface area contributed by atoms with Crippen molar-refractivity contribution in [3.63, 3.8) is 0 Å². The number of benzene rings is 1. The molecule has 0 radical (unpaired) electrons. The Labute approximate surface area is 101 Å². The first kappa shape index (κ1) is 12.6. The molecule has 1 unspecified atom stereocenters. The third-order valence-electron chi connectivity index (χ3n) is 3.07. The minimum Gasteiger partial charge on any atom is -0.496 e. The van der Waals surface area contributed by atoms with E-state index in [9.17, 15) is 0 Å². The maximum absolute atomic E-state index is 5.31. The van der Waals surface area contributed by atoms with E-state index in [4.69, 9.17) is 4.74 Å². The van der Waals surface area contributed by atoms with Crippen molar-refractivity contribution in [2.75, 3.05) is 12.4 Å². The molecule has 1 rings (SSSR count). The Morgan fingerprint density at radius 3 is 2.47 bits per heavy atom. The van der Waals surface area contributed by atoms with Crippen molar-refractivity contribution in [3.8, 4) is 5.75 Å². The van der Waals surface area contributed by atoms with E-state index in [0.717, 1.165) is 11.1 Å². The van der Waals surface area contributed by atoms with Crippen LogP contribution >= 0.6 is 15.9 Å². The van der Waals surface area contributed by atoms with Crippen molar-refractivity contribution < 1.29 is 4.74 Å². The van der Waals surface area contributed by atoms with Gasteiger partial charge in [0.2, 0.25) is 0 Å². The fourth-order valence-electron chi connectivity index (χ4n) is 1.89. The maximum atomic E-state index is 5.31. The van der Waals surface area contributed by atoms with Crippen LogP contribution in [0.25, 0.3) is 0 Å². The van der Waals surface area contributed by atoms with E-state index in [-0.39, 0.29) is 0 Å². The lowest BCUT2D eigenvalue weighted by Gasteiger charge is -2.17. The molecule has 1 atom stereocenters. The smallest absolute Gasteiger partial charge is 0.122 e. The molecule has 0 aliphatic rings. The molecular formula is C13H19BrO. The predicted molar refractivity (Wildman–Crippen MR) is 69.3 cm³/mol. The number of ether oxygens (including phenoxy) is 1. The Morgan fingerprint density at radius 1 is 1.27 bits per heavy atom. The van der Waals surface area contributed by atoms with Crippen LogP contribution in [-0.2, 0) is 0 Å². The van der Waals surface area contributed by atoms with Crippen LogP contribution in [0.3, 0.4) is 0 Å². The molecule has 0 aromatic heterocycles. The lowest BCUT2D eigenvalue weighted by atomic mass is 9.91. The first-order valence-electron chi connectivity index (χ1n) is 5.31. The van der Waals surface area contributed by atoms with Gasteiger partial charge in [-0.1, -0.05) is 28.9 Å². The summed E-state index contributed by atoms with van der Waals surface area (Å²) in [6.45, 7) is 6.58. The van der Waals surface area contributed by atoms with Gasteiger partial charge in [-0.25, -0.2) is 0 Å². The molecule has 0 saturated carbocycles. The monoisotopic (exact) mass is 270 g/mol. The van der Waals surface area contributed by atoms with Crippen molar-refractivity contribution in [2.45, 2.75) is 33.1 Å². The zero-order valence-corrected chi connectivity index (χ0v) is 11.5. The largest absolute Gasteiger partial charge is 0.496 e. The second-order valence-electron chi connectivity index (χ2n) is 3.99. The molecule has 0 aliphatic carbocycles. The number of hydrogen-bond acceptors (Lipinski definition) is 1. The highest BCUT2D eigenvalue weighted by Crippen LogP contribution is 2.30. The normalized spacial score (nSPS) is 12.6. The fraction of sp³-hybridized carbons (Fsp3) is 0.538. The number of hydrogen-bond donors (Lipinski definition) is 0. The van der Waals surface area contributed by atoms with Gasteiger partial charge in [-0.2, -0.15) is 0 Å². The lowest BCUT2D eigenvalue weighted by molar-refractivity contribution is 0.411. The summed E-state index contributed by atoms with van der Waals surface area (Å²) in [6, 6.07) is 4.26. The van der Waals surface area contributed by atoms with Crippen LogP contribution in [0, 0.1) is 13.8 Å². The van der Waals surface area contributed by atoms with E-state index in [1.165, 1.54) is 23.1 Å². The summed E-state index contributed by atoms with van der Waals surface area (Å²) in [6.07, 6.45) is 1.17. The van der Waals surface area contributed by atoms with E-state index in [0.29, 0.717) is 5.92 Å². The van der Waals surface area contributed by atoms with E-state index < -0.39 is 0 Å². The Hall–Kier alpha value is -0.500. The molecule has 1 nitrogen and oxygen atoms in total. The average Bonchev–Trinajstić information content (AvgIpc) is 2.22. The van der Waals surface area contributed by atoms with Crippen molar-refractivity contribution in [2.24, 2.45) is 0 Å². The van der Waals surface area contributed by atoms with Crippen LogP contribution in [0.15, 0.2) is 12.1 Å². The first-order chi connectivity index (χ1) is 7.11. The van der Waals surface area contributed by atoms with Crippen molar-refractivity contribution in [3.05, 3.63) is 28.8 Å². The number of rotatable bonds is 4. The molecule has 1 aromatic rings. The Balaban J connectivity index is 3.06. The third kappa shape index (κ3) is 2.75. The molecule has 15 heavy (non-hydrogen) atoms. The molecule has 2 heteroatoms. The van der Waals surface area contributed by atoms with Gasteiger partial charge in [-0.3, -0.25) is 0 Å². The average molecular weight is 271 g/mol. The van der Waals surface area contributed by atoms with Gasteiger partial charge in [0.05, 0.1) is 7.11 Å². The summed E-state index contributed by atoms with van der Waals surface area (Å²) in [4.78, 5) is 0. The first-order valence-corrected chi connectivity index (χ1v) is 6.44. The third-order valence-corrected chi connectivity index (χ3v) is 3.53. The SMILES string of the molecule is COc1ccc(C(C)CCBr)c(C)c1C. The molecule has 1 aromatic carbocycles. The zero-order valence-electron chi connectivity index (χ0n) is 9.93.